The monoisotopic (exact) mass is 613 g/mol. The number of anilines is 1. The van der Waals surface area contributed by atoms with Gasteiger partial charge in [0.1, 0.15) is 17.7 Å². The average molecular weight is 614 g/mol. The molecule has 0 aliphatic heterocycles. The number of nitrogens with zero attached hydrogens (tertiary/aromatic N) is 1. The number of carbonyl (C=O) groups excluding carboxylic acids is 3. The van der Waals surface area contributed by atoms with E-state index in [1.165, 1.54) is 0 Å². The summed E-state index contributed by atoms with van der Waals surface area (Å²) < 4.78 is 5.53. The zero-order valence-corrected chi connectivity index (χ0v) is 28.7. The zero-order valence-electron chi connectivity index (χ0n) is 27.9. The quantitative estimate of drug-likeness (QED) is 0.251. The number of halogens is 1. The normalized spacial score (nSPS) is 13.8. The molecule has 0 heterocycles. The molecule has 0 saturated heterocycles. The number of amides is 3. The number of carbonyl (C=O) groups is 3. The van der Waals surface area contributed by atoms with Crippen molar-refractivity contribution in [2.45, 2.75) is 119 Å². The van der Waals surface area contributed by atoms with Gasteiger partial charge in [-0.25, -0.2) is 4.79 Å². The number of para-hydroxylation sites is 1. The maximum absolute atomic E-state index is 14.7. The maximum atomic E-state index is 14.7. The van der Waals surface area contributed by atoms with Crippen molar-refractivity contribution in [3.05, 3.63) is 63.7 Å². The lowest BCUT2D eigenvalue weighted by Gasteiger charge is -2.39. The fourth-order valence-electron chi connectivity index (χ4n) is 4.99. The van der Waals surface area contributed by atoms with E-state index < -0.39 is 23.8 Å². The van der Waals surface area contributed by atoms with E-state index in [0.29, 0.717) is 35.0 Å². The minimum Gasteiger partial charge on any atom is -0.444 e. The van der Waals surface area contributed by atoms with Crippen LogP contribution in [0, 0.1) is 32.6 Å². The molecule has 2 rings (SSSR count). The minimum absolute atomic E-state index is 0.0939. The third kappa shape index (κ3) is 10.9. The summed E-state index contributed by atoms with van der Waals surface area (Å²) in [5, 5.41) is 6.29. The second-order valence-electron chi connectivity index (χ2n) is 13.6. The lowest BCUT2D eigenvalue weighted by molar-refractivity contribution is -0.144. The number of hydrogen-bond acceptors (Lipinski definition) is 4. The second-order valence-corrected chi connectivity index (χ2v) is 14.0. The van der Waals surface area contributed by atoms with E-state index >= 15 is 0 Å². The lowest BCUT2D eigenvalue weighted by Crippen LogP contribution is -2.55. The Labute approximate surface area is 264 Å². The molecule has 0 aromatic heterocycles. The number of aryl methyl sites for hydroxylation is 3. The fraction of sp³-hybridized carbons (Fsp3) is 0.571. The van der Waals surface area contributed by atoms with Gasteiger partial charge in [0.15, 0.2) is 0 Å². The van der Waals surface area contributed by atoms with Crippen molar-refractivity contribution in [3.63, 3.8) is 0 Å². The highest BCUT2D eigenvalue weighted by molar-refractivity contribution is 6.34. The van der Waals surface area contributed by atoms with Gasteiger partial charge >= 0.3 is 6.09 Å². The van der Waals surface area contributed by atoms with Gasteiger partial charge in [-0.05, 0) is 108 Å². The largest absolute Gasteiger partial charge is 0.444 e. The third-order valence-electron chi connectivity index (χ3n) is 7.43. The molecule has 3 unspecified atom stereocenters. The van der Waals surface area contributed by atoms with Crippen LogP contribution in [0.1, 0.15) is 103 Å². The Bertz CT molecular complexity index is 1250. The van der Waals surface area contributed by atoms with Gasteiger partial charge in [-0.3, -0.25) is 9.59 Å². The first-order chi connectivity index (χ1) is 19.9. The third-order valence-corrected chi connectivity index (χ3v) is 7.75. The Balaban J connectivity index is 2.71. The van der Waals surface area contributed by atoms with Crippen LogP contribution in [0.15, 0.2) is 36.4 Å². The Morgan fingerprint density at radius 3 is 2.07 bits per heavy atom. The SMILES string of the molecule is Cc1ccc(C(C(=O)Nc2c(C)cccc2Cl)N(C(=O)C(CC(C)C)NC(=O)OC(C)(C)C)C(C)CCC(C)C)cc1C. The predicted octanol–water partition coefficient (Wildman–Crippen LogP) is 8.54. The molecule has 0 fully saturated rings. The number of hydrogen-bond donors (Lipinski definition) is 2. The van der Waals surface area contributed by atoms with E-state index in [4.69, 9.17) is 16.3 Å². The summed E-state index contributed by atoms with van der Waals surface area (Å²) >= 11 is 6.52. The summed E-state index contributed by atoms with van der Waals surface area (Å²) in [6, 6.07) is 9.11. The molecule has 43 heavy (non-hydrogen) atoms. The maximum Gasteiger partial charge on any atom is 0.408 e. The molecule has 0 aliphatic rings. The van der Waals surface area contributed by atoms with Gasteiger partial charge in [0, 0.05) is 6.04 Å². The van der Waals surface area contributed by atoms with Crippen LogP contribution < -0.4 is 10.6 Å². The molecule has 0 saturated carbocycles. The fourth-order valence-corrected chi connectivity index (χ4v) is 5.26. The van der Waals surface area contributed by atoms with Crippen molar-refractivity contribution < 1.29 is 19.1 Å². The van der Waals surface area contributed by atoms with E-state index in [9.17, 15) is 14.4 Å². The van der Waals surface area contributed by atoms with Crippen molar-refractivity contribution in [2.24, 2.45) is 11.8 Å². The van der Waals surface area contributed by atoms with Gasteiger partial charge in [-0.15, -0.1) is 0 Å². The Kier molecular flexibility index (Phi) is 13.1. The van der Waals surface area contributed by atoms with Gasteiger partial charge in [0.25, 0.3) is 5.91 Å². The molecule has 2 aromatic rings. The van der Waals surface area contributed by atoms with Crippen molar-refractivity contribution in [1.82, 2.24) is 10.2 Å². The number of alkyl carbamates (subject to hydrolysis) is 1. The molecule has 2 N–H and O–H groups in total. The second kappa shape index (κ2) is 15.6. The minimum atomic E-state index is -0.972. The van der Waals surface area contributed by atoms with Crippen molar-refractivity contribution in [1.29, 1.82) is 0 Å². The van der Waals surface area contributed by atoms with Gasteiger partial charge in [-0.1, -0.05) is 69.6 Å². The first-order valence-electron chi connectivity index (χ1n) is 15.4. The highest BCUT2D eigenvalue weighted by Gasteiger charge is 2.39. The molecule has 0 aliphatic carbocycles. The first kappa shape index (κ1) is 36.1. The van der Waals surface area contributed by atoms with Crippen molar-refractivity contribution in [3.8, 4) is 0 Å². The first-order valence-corrected chi connectivity index (χ1v) is 15.7. The van der Waals surface area contributed by atoms with Gasteiger partial charge in [-0.2, -0.15) is 0 Å². The molecule has 0 bridgehead atoms. The molecule has 238 valence electrons. The highest BCUT2D eigenvalue weighted by atomic mass is 35.5. The van der Waals surface area contributed by atoms with E-state index in [-0.39, 0.29) is 23.8 Å². The Morgan fingerprint density at radius 2 is 1.53 bits per heavy atom. The summed E-state index contributed by atoms with van der Waals surface area (Å²) in [4.78, 5) is 43.7. The molecule has 2 aromatic carbocycles. The zero-order chi connectivity index (χ0) is 32.6. The van der Waals surface area contributed by atoms with Crippen molar-refractivity contribution >= 4 is 35.2 Å². The van der Waals surface area contributed by atoms with Gasteiger partial charge in [0.2, 0.25) is 5.91 Å². The van der Waals surface area contributed by atoms with Crippen LogP contribution in [0.3, 0.4) is 0 Å². The van der Waals surface area contributed by atoms with Crippen molar-refractivity contribution in [2.75, 3.05) is 5.32 Å². The summed E-state index contributed by atoms with van der Waals surface area (Å²) in [6.45, 7) is 21.5. The predicted molar refractivity (Wildman–Crippen MR) is 176 cm³/mol. The molecule has 7 nitrogen and oxygen atoms in total. The van der Waals surface area contributed by atoms with E-state index in [0.717, 1.165) is 23.1 Å². The summed E-state index contributed by atoms with van der Waals surface area (Å²) in [6.07, 6.45) is 1.27. The summed E-state index contributed by atoms with van der Waals surface area (Å²) in [5.74, 6) is -0.198. The molecule has 8 heteroatoms. The van der Waals surface area contributed by atoms with Crippen LogP contribution in [-0.2, 0) is 14.3 Å². The van der Waals surface area contributed by atoms with E-state index in [1.54, 1.807) is 31.7 Å². The summed E-state index contributed by atoms with van der Waals surface area (Å²) in [5.41, 5.74) is 3.38. The number of nitrogens with one attached hydrogen (secondary N) is 2. The molecule has 0 spiro atoms. The standard InChI is InChI=1S/C35H52ClN3O4/c1-21(2)15-17-26(8)39(33(41)29(19-22(3)4)37-34(42)43-35(9,10)11)31(27-18-16-23(5)25(7)20-27)32(40)38-30-24(6)13-12-14-28(30)36/h12-14,16,18,20-22,26,29,31H,15,17,19H2,1-11H3,(H,37,42)(H,38,40). The molecular formula is C35H52ClN3O4. The molecule has 3 amide bonds. The van der Waals surface area contributed by atoms with E-state index in [2.05, 4.69) is 24.5 Å². The topological polar surface area (TPSA) is 87.7 Å². The average Bonchev–Trinajstić information content (AvgIpc) is 2.87. The van der Waals surface area contributed by atoms with E-state index in [1.807, 2.05) is 71.9 Å². The van der Waals surface area contributed by atoms with Crippen LogP contribution in [0.4, 0.5) is 10.5 Å². The van der Waals surface area contributed by atoms with Gasteiger partial charge < -0.3 is 20.3 Å². The van der Waals surface area contributed by atoms with Crippen LogP contribution in [-0.4, -0.2) is 40.5 Å². The van der Waals surface area contributed by atoms with Crippen LogP contribution in [0.25, 0.3) is 0 Å². The highest BCUT2D eigenvalue weighted by Crippen LogP contribution is 2.32. The number of rotatable bonds is 12. The Hall–Kier alpha value is -3.06. The summed E-state index contributed by atoms with van der Waals surface area (Å²) in [7, 11) is 0. The van der Waals surface area contributed by atoms with Crippen LogP contribution in [0.2, 0.25) is 5.02 Å². The number of benzene rings is 2. The van der Waals surface area contributed by atoms with Crippen LogP contribution >= 0.6 is 11.6 Å². The molecule has 0 radical (unpaired) electrons. The molecule has 3 atom stereocenters. The molecular weight excluding hydrogens is 562 g/mol. The van der Waals surface area contributed by atoms with Gasteiger partial charge in [0.05, 0.1) is 10.7 Å². The Morgan fingerprint density at radius 1 is 0.884 bits per heavy atom. The van der Waals surface area contributed by atoms with Crippen LogP contribution in [0.5, 0.6) is 0 Å². The lowest BCUT2D eigenvalue weighted by atomic mass is 9.94. The smallest absolute Gasteiger partial charge is 0.408 e. The number of ether oxygens (including phenoxy) is 1.